The van der Waals surface area contributed by atoms with Gasteiger partial charge < -0.3 is 5.11 Å². The molecule has 0 heterocycles. The highest BCUT2D eigenvalue weighted by Gasteiger charge is 2.22. The van der Waals surface area contributed by atoms with E-state index in [9.17, 15) is 14.7 Å². The molecule has 2 rings (SSSR count). The van der Waals surface area contributed by atoms with Gasteiger partial charge in [0.25, 0.3) is 0 Å². The lowest BCUT2D eigenvalue weighted by molar-refractivity contribution is -0.136. The van der Waals surface area contributed by atoms with Crippen molar-refractivity contribution in [1.82, 2.24) is 0 Å². The van der Waals surface area contributed by atoms with Crippen molar-refractivity contribution in [3.05, 3.63) is 69.7 Å². The third-order valence-electron chi connectivity index (χ3n) is 3.18. The van der Waals surface area contributed by atoms with Crippen molar-refractivity contribution in [2.24, 2.45) is 0 Å². The number of carboxylic acids is 1. The monoisotopic (exact) mass is 368 g/mol. The molecular formula is C17H14Cl2O3S. The average Bonchev–Trinajstić information content (AvgIpc) is 2.53. The molecule has 0 aromatic heterocycles. The molecule has 0 aliphatic rings. The lowest BCUT2D eigenvalue weighted by atomic mass is 10.1. The smallest absolute Gasteiger partial charge is 0.317 e. The van der Waals surface area contributed by atoms with Crippen LogP contribution in [0.2, 0.25) is 10.0 Å². The van der Waals surface area contributed by atoms with Crippen molar-refractivity contribution in [2.75, 3.05) is 0 Å². The first kappa shape index (κ1) is 17.9. The van der Waals surface area contributed by atoms with Crippen LogP contribution in [0.3, 0.4) is 0 Å². The van der Waals surface area contributed by atoms with Crippen molar-refractivity contribution in [2.45, 2.75) is 17.4 Å². The van der Waals surface area contributed by atoms with Crippen LogP contribution in [0.25, 0.3) is 0 Å². The van der Waals surface area contributed by atoms with Crippen LogP contribution in [0.15, 0.2) is 48.5 Å². The number of Topliss-reactive ketones (excluding diaryl/α,β-unsaturated/α-hetero) is 1. The summed E-state index contributed by atoms with van der Waals surface area (Å²) in [6.45, 7) is 0. The minimum atomic E-state index is -0.994. The Morgan fingerprint density at radius 2 is 1.48 bits per heavy atom. The fourth-order valence-electron chi connectivity index (χ4n) is 1.92. The van der Waals surface area contributed by atoms with Gasteiger partial charge >= 0.3 is 5.97 Å². The Labute approximate surface area is 148 Å². The maximum atomic E-state index is 12.2. The van der Waals surface area contributed by atoms with Crippen LogP contribution in [-0.4, -0.2) is 22.1 Å². The minimum Gasteiger partial charge on any atom is -0.480 e. The second-order valence-corrected chi connectivity index (χ2v) is 6.96. The van der Waals surface area contributed by atoms with Crippen LogP contribution in [0.1, 0.15) is 22.3 Å². The highest BCUT2D eigenvalue weighted by Crippen LogP contribution is 2.23. The highest BCUT2D eigenvalue weighted by atomic mass is 35.5. The summed E-state index contributed by atoms with van der Waals surface area (Å²) in [4.78, 5) is 23.6. The SMILES string of the molecule is O=C(C[C@@H](SCc1ccc(Cl)cc1)C(=O)O)c1ccc(Cl)cc1. The third kappa shape index (κ3) is 5.57. The second-order valence-electron chi connectivity index (χ2n) is 4.90. The number of carboxylic acid groups (broad SMARTS) is 1. The summed E-state index contributed by atoms with van der Waals surface area (Å²) in [6, 6.07) is 13.6. The fourth-order valence-corrected chi connectivity index (χ4v) is 3.17. The quantitative estimate of drug-likeness (QED) is 0.702. The zero-order valence-corrected chi connectivity index (χ0v) is 14.4. The number of aliphatic carboxylic acids is 1. The van der Waals surface area contributed by atoms with E-state index in [0.29, 0.717) is 21.4 Å². The van der Waals surface area contributed by atoms with E-state index in [1.165, 1.54) is 11.8 Å². The number of carbonyl (C=O) groups is 2. The van der Waals surface area contributed by atoms with E-state index in [2.05, 4.69) is 0 Å². The topological polar surface area (TPSA) is 54.4 Å². The maximum Gasteiger partial charge on any atom is 0.317 e. The second kappa shape index (κ2) is 8.39. The van der Waals surface area contributed by atoms with Gasteiger partial charge in [-0.3, -0.25) is 9.59 Å². The van der Waals surface area contributed by atoms with Crippen molar-refractivity contribution >= 4 is 46.7 Å². The fraction of sp³-hybridized carbons (Fsp3) is 0.176. The molecule has 0 aliphatic carbocycles. The van der Waals surface area contributed by atoms with E-state index in [4.69, 9.17) is 23.2 Å². The first-order chi connectivity index (χ1) is 11.0. The molecule has 0 fully saturated rings. The molecule has 120 valence electrons. The third-order valence-corrected chi connectivity index (χ3v) is 4.95. The minimum absolute atomic E-state index is 0.0603. The molecule has 0 unspecified atom stereocenters. The zero-order valence-electron chi connectivity index (χ0n) is 12.0. The Kier molecular flexibility index (Phi) is 6.51. The molecule has 23 heavy (non-hydrogen) atoms. The maximum absolute atomic E-state index is 12.2. The average molecular weight is 369 g/mol. The van der Waals surface area contributed by atoms with Gasteiger partial charge in [-0.1, -0.05) is 35.3 Å². The van der Waals surface area contributed by atoms with Gasteiger partial charge in [-0.15, -0.1) is 11.8 Å². The molecule has 0 saturated heterocycles. The van der Waals surface area contributed by atoms with Gasteiger partial charge in [0, 0.05) is 27.8 Å². The normalized spacial score (nSPS) is 11.9. The van der Waals surface area contributed by atoms with Crippen molar-refractivity contribution in [3.63, 3.8) is 0 Å². The van der Waals surface area contributed by atoms with E-state index in [1.54, 1.807) is 36.4 Å². The number of carbonyl (C=O) groups excluding carboxylic acids is 1. The molecule has 0 amide bonds. The molecule has 3 nitrogen and oxygen atoms in total. The van der Waals surface area contributed by atoms with E-state index in [0.717, 1.165) is 5.56 Å². The van der Waals surface area contributed by atoms with Crippen molar-refractivity contribution in [1.29, 1.82) is 0 Å². The Bertz CT molecular complexity index is 684. The number of thioether (sulfide) groups is 1. The first-order valence-corrected chi connectivity index (χ1v) is 8.64. The number of ketones is 1. The summed E-state index contributed by atoms with van der Waals surface area (Å²) in [5.41, 5.74) is 1.43. The number of hydrogen-bond donors (Lipinski definition) is 1. The summed E-state index contributed by atoms with van der Waals surface area (Å²) < 4.78 is 0. The molecule has 2 aromatic carbocycles. The molecule has 0 bridgehead atoms. The van der Waals surface area contributed by atoms with Crippen molar-refractivity contribution in [3.8, 4) is 0 Å². The molecule has 1 N–H and O–H groups in total. The van der Waals surface area contributed by atoms with Crippen molar-refractivity contribution < 1.29 is 14.7 Å². The Balaban J connectivity index is 1.98. The molecule has 0 saturated carbocycles. The van der Waals surface area contributed by atoms with Crippen LogP contribution >= 0.6 is 35.0 Å². The van der Waals surface area contributed by atoms with Crippen LogP contribution in [0, 0.1) is 0 Å². The lowest BCUT2D eigenvalue weighted by Gasteiger charge is -2.11. The first-order valence-electron chi connectivity index (χ1n) is 6.83. The predicted octanol–water partition coefficient (Wildman–Crippen LogP) is 4.95. The van der Waals surface area contributed by atoms with Gasteiger partial charge in [-0.05, 0) is 42.0 Å². The zero-order chi connectivity index (χ0) is 16.8. The number of rotatable bonds is 7. The van der Waals surface area contributed by atoms with Gasteiger partial charge in [-0.2, -0.15) is 0 Å². The van der Waals surface area contributed by atoms with E-state index in [-0.39, 0.29) is 12.2 Å². The number of halogens is 2. The summed E-state index contributed by atoms with van der Waals surface area (Å²) in [5, 5.41) is 9.69. The largest absolute Gasteiger partial charge is 0.480 e. The Hall–Kier alpha value is -1.49. The highest BCUT2D eigenvalue weighted by molar-refractivity contribution is 7.99. The van der Waals surface area contributed by atoms with Gasteiger partial charge in [0.1, 0.15) is 5.25 Å². The number of benzene rings is 2. The van der Waals surface area contributed by atoms with Gasteiger partial charge in [-0.25, -0.2) is 0 Å². The standard InChI is InChI=1S/C17H14Cl2O3S/c18-13-5-1-11(2-6-13)10-23-16(17(21)22)9-15(20)12-3-7-14(19)8-4-12/h1-8,16H,9-10H2,(H,21,22)/t16-/m1/s1. The molecule has 0 radical (unpaired) electrons. The van der Waals surface area contributed by atoms with E-state index >= 15 is 0 Å². The Morgan fingerprint density at radius 3 is 2.00 bits per heavy atom. The van der Waals surface area contributed by atoms with Gasteiger partial charge in [0.2, 0.25) is 0 Å². The van der Waals surface area contributed by atoms with Crippen LogP contribution in [0.4, 0.5) is 0 Å². The van der Waals surface area contributed by atoms with E-state index in [1.807, 2.05) is 12.1 Å². The predicted molar refractivity (Wildman–Crippen MR) is 94.6 cm³/mol. The Morgan fingerprint density at radius 1 is 0.957 bits per heavy atom. The molecule has 0 spiro atoms. The lowest BCUT2D eigenvalue weighted by Crippen LogP contribution is -2.20. The summed E-state index contributed by atoms with van der Waals surface area (Å²) in [5.74, 6) is -0.703. The molecular weight excluding hydrogens is 355 g/mol. The summed E-state index contributed by atoms with van der Waals surface area (Å²) in [6.07, 6.45) is -0.0603. The van der Waals surface area contributed by atoms with E-state index < -0.39 is 11.2 Å². The molecule has 2 aromatic rings. The molecule has 0 aliphatic heterocycles. The van der Waals surface area contributed by atoms with Crippen LogP contribution in [0.5, 0.6) is 0 Å². The molecule has 1 atom stereocenters. The van der Waals surface area contributed by atoms with Crippen LogP contribution in [-0.2, 0) is 10.5 Å². The van der Waals surface area contributed by atoms with Crippen LogP contribution < -0.4 is 0 Å². The summed E-state index contributed by atoms with van der Waals surface area (Å²) in [7, 11) is 0. The number of hydrogen-bond acceptors (Lipinski definition) is 3. The summed E-state index contributed by atoms with van der Waals surface area (Å²) >= 11 is 12.8. The van der Waals surface area contributed by atoms with Gasteiger partial charge in [0.15, 0.2) is 5.78 Å². The molecule has 6 heteroatoms. The van der Waals surface area contributed by atoms with Gasteiger partial charge in [0.05, 0.1) is 0 Å².